The number of alkyl halides is 3. The van der Waals surface area contributed by atoms with Gasteiger partial charge in [-0.2, -0.15) is 0 Å². The molecule has 0 aromatic heterocycles. The molecule has 1 saturated carbocycles. The molecule has 4 amide bonds. The number of aromatic hydroxyl groups is 1. The number of phenols is 1. The van der Waals surface area contributed by atoms with Crippen molar-refractivity contribution in [2.24, 2.45) is 17.8 Å². The van der Waals surface area contributed by atoms with E-state index in [4.69, 9.17) is 23.2 Å². The minimum absolute atomic E-state index is 0.112. The van der Waals surface area contributed by atoms with Crippen LogP contribution in [0.25, 0.3) is 0 Å². The minimum Gasteiger partial charge on any atom is -0.508 e. The summed E-state index contributed by atoms with van der Waals surface area (Å²) in [5.41, 5.74) is 1.01. The van der Waals surface area contributed by atoms with Crippen LogP contribution in [-0.4, -0.2) is 66.0 Å². The van der Waals surface area contributed by atoms with Crippen molar-refractivity contribution in [3.63, 3.8) is 0 Å². The van der Waals surface area contributed by atoms with Gasteiger partial charge in [0, 0.05) is 11.5 Å². The number of phenolic OH excluding ortho intramolecular Hbond substituents is 1. The molecule has 2 aromatic rings. The number of para-hydroxylation sites is 1. The maximum Gasteiger partial charge on any atom is 0.488 e. The summed E-state index contributed by atoms with van der Waals surface area (Å²) in [4.78, 5) is 53.0. The van der Waals surface area contributed by atoms with Crippen LogP contribution in [0.2, 0.25) is 0 Å². The molecule has 4 aliphatic rings. The van der Waals surface area contributed by atoms with Crippen LogP contribution in [0.1, 0.15) is 24.3 Å². The minimum atomic E-state index is -2.00. The van der Waals surface area contributed by atoms with Crippen LogP contribution in [0.15, 0.2) is 60.2 Å². The van der Waals surface area contributed by atoms with Crippen molar-refractivity contribution in [1.29, 1.82) is 0 Å². The maximum absolute atomic E-state index is 14.0. The number of hydrogen-bond donors (Lipinski definition) is 3. The number of benzene rings is 2. The Morgan fingerprint density at radius 1 is 0.975 bits per heavy atom. The molecule has 2 aliphatic carbocycles. The predicted octanol–water partition coefficient (Wildman–Crippen LogP) is 1.99. The molecule has 0 radical (unpaired) electrons. The van der Waals surface area contributed by atoms with Gasteiger partial charge in [-0.1, -0.05) is 57.9 Å². The van der Waals surface area contributed by atoms with Gasteiger partial charge in [-0.3, -0.25) is 29.0 Å². The lowest BCUT2D eigenvalue weighted by atomic mass is 9.56. The van der Waals surface area contributed by atoms with E-state index in [1.165, 1.54) is 30.3 Å². The number of nitrogens with zero attached hydrogens (tertiary/aromatic N) is 2. The van der Waals surface area contributed by atoms with Gasteiger partial charge >= 0.3 is 7.12 Å². The number of likely N-dealkylation sites (tertiary alicyclic amines) is 1. The number of amides is 4. The van der Waals surface area contributed by atoms with Gasteiger partial charge in [0.05, 0.1) is 23.0 Å². The molecule has 6 rings (SSSR count). The second-order valence-electron chi connectivity index (χ2n) is 10.5. The van der Waals surface area contributed by atoms with Crippen molar-refractivity contribution in [2.75, 3.05) is 10.4 Å². The number of hydrogen-bond acceptors (Lipinski definition) is 7. The summed E-state index contributed by atoms with van der Waals surface area (Å²) in [5.74, 6) is -6.05. The first-order chi connectivity index (χ1) is 19.0. The van der Waals surface area contributed by atoms with Crippen molar-refractivity contribution >= 4 is 81.0 Å². The summed E-state index contributed by atoms with van der Waals surface area (Å²) in [5, 5.41) is 30.1. The van der Waals surface area contributed by atoms with E-state index in [0.717, 1.165) is 9.80 Å². The van der Waals surface area contributed by atoms with Crippen LogP contribution < -0.4 is 10.4 Å². The highest BCUT2D eigenvalue weighted by atomic mass is 79.9. The zero-order valence-corrected chi connectivity index (χ0v) is 23.8. The van der Waals surface area contributed by atoms with E-state index in [-0.39, 0.29) is 40.8 Å². The molecule has 3 N–H and O–H groups in total. The highest BCUT2D eigenvalue weighted by Gasteiger charge is 2.76. The molecule has 0 spiro atoms. The second-order valence-corrected chi connectivity index (χ2v) is 12.3. The Balaban J connectivity index is 1.50. The molecule has 0 bridgehead atoms. The van der Waals surface area contributed by atoms with Crippen LogP contribution >= 0.6 is 39.1 Å². The molecule has 6 atom stereocenters. The van der Waals surface area contributed by atoms with Gasteiger partial charge in [0.25, 0.3) is 11.8 Å². The molecule has 2 aromatic carbocycles. The van der Waals surface area contributed by atoms with E-state index in [9.17, 15) is 34.3 Å². The third kappa shape index (κ3) is 3.48. The Bertz CT molecular complexity index is 1520. The summed E-state index contributed by atoms with van der Waals surface area (Å²) in [7, 11) is -1.79. The first kappa shape index (κ1) is 27.5. The van der Waals surface area contributed by atoms with Crippen molar-refractivity contribution in [3.8, 4) is 5.75 Å². The van der Waals surface area contributed by atoms with Crippen LogP contribution in [0.4, 0.5) is 5.69 Å². The fourth-order valence-electron chi connectivity index (χ4n) is 6.91. The van der Waals surface area contributed by atoms with Crippen LogP contribution in [0, 0.1) is 17.8 Å². The van der Waals surface area contributed by atoms with Crippen molar-refractivity contribution in [1.82, 2.24) is 4.90 Å². The maximum atomic E-state index is 14.0. The lowest BCUT2D eigenvalue weighted by Crippen LogP contribution is -2.60. The fraction of sp³-hybridized carbons (Fsp3) is 0.333. The third-order valence-corrected chi connectivity index (χ3v) is 10.6. The molecule has 0 unspecified atom stereocenters. The monoisotopic (exact) mass is 646 g/mol. The predicted molar refractivity (Wildman–Crippen MR) is 150 cm³/mol. The van der Waals surface area contributed by atoms with Gasteiger partial charge in [-0.05, 0) is 42.4 Å². The lowest BCUT2D eigenvalue weighted by molar-refractivity contribution is -0.138. The number of carbonyl (C=O) groups is 4. The normalized spacial score (nSPS) is 33.1. The molecule has 9 nitrogen and oxygen atoms in total. The molecule has 2 saturated heterocycles. The number of carbonyl (C=O) groups excluding carboxylic acids is 4. The Kier molecular flexibility index (Phi) is 6.47. The molecular formula is C27H22BBrCl2N2O7. The van der Waals surface area contributed by atoms with Crippen LogP contribution in [0.3, 0.4) is 0 Å². The van der Waals surface area contributed by atoms with Gasteiger partial charge in [0.2, 0.25) is 11.8 Å². The molecule has 2 heterocycles. The number of halogens is 3. The number of anilines is 1. The zero-order chi connectivity index (χ0) is 28.7. The van der Waals surface area contributed by atoms with E-state index in [1.54, 1.807) is 24.3 Å². The largest absolute Gasteiger partial charge is 0.508 e. The highest BCUT2D eigenvalue weighted by molar-refractivity contribution is 9.09. The van der Waals surface area contributed by atoms with Gasteiger partial charge in [-0.15, -0.1) is 23.2 Å². The highest BCUT2D eigenvalue weighted by Crippen LogP contribution is 2.66. The van der Waals surface area contributed by atoms with E-state index in [2.05, 4.69) is 15.9 Å². The second kappa shape index (κ2) is 9.42. The van der Waals surface area contributed by atoms with E-state index >= 15 is 0 Å². The van der Waals surface area contributed by atoms with Gasteiger partial charge in [-0.25, -0.2) is 0 Å². The molecule has 206 valence electrons. The zero-order valence-electron chi connectivity index (χ0n) is 20.7. The number of imide groups is 2. The SMILES string of the molecule is O=C1[C@H]2[C@H](CC=C3[C@H]2C[C@@]2(Cl)C(=O)N(CBr)C(=O)[C@@]2(Cl)[C@H]3c2ccccc2O)C(=O)N1c1cccc(B(O)O)c1. The van der Waals surface area contributed by atoms with Gasteiger partial charge < -0.3 is 15.2 Å². The van der Waals surface area contributed by atoms with E-state index in [0.29, 0.717) is 5.57 Å². The molecule has 3 fully saturated rings. The Morgan fingerprint density at radius 3 is 2.38 bits per heavy atom. The average molecular weight is 648 g/mol. The average Bonchev–Trinajstić information content (AvgIpc) is 3.27. The summed E-state index contributed by atoms with van der Waals surface area (Å²) in [6.07, 6.45) is 1.77. The number of fused-ring (bicyclic) bond motifs is 4. The molecule has 2 aliphatic heterocycles. The van der Waals surface area contributed by atoms with Crippen molar-refractivity contribution < 1.29 is 34.3 Å². The number of allylic oxidation sites excluding steroid dienone is 2. The quantitative estimate of drug-likeness (QED) is 0.152. The Labute approximate surface area is 247 Å². The van der Waals surface area contributed by atoms with Crippen LogP contribution in [-0.2, 0) is 19.2 Å². The molecule has 40 heavy (non-hydrogen) atoms. The standard InChI is InChI=1S/C27H22BBrCl2N2O7/c29-12-32-24(37)26(30)11-18-15(21(27(26,31)25(32)38)16-6-1-2-7-19(16)34)8-9-17-20(18)23(36)33(22(17)35)14-5-3-4-13(10-14)28(39)40/h1-8,10,17-18,20-21,34,39-40H,9,11-12H2/t17-,18+,20-,21+,26+,27-/m0/s1. The van der Waals surface area contributed by atoms with E-state index in [1.807, 2.05) is 0 Å². The first-order valence-electron chi connectivity index (χ1n) is 12.6. The topological polar surface area (TPSA) is 135 Å². The van der Waals surface area contributed by atoms with E-state index < -0.39 is 64.2 Å². The van der Waals surface area contributed by atoms with Crippen molar-refractivity contribution in [2.45, 2.75) is 28.5 Å². The van der Waals surface area contributed by atoms with Crippen molar-refractivity contribution in [3.05, 3.63) is 65.7 Å². The lowest BCUT2D eigenvalue weighted by Gasteiger charge is -2.50. The van der Waals surface area contributed by atoms with Crippen LogP contribution in [0.5, 0.6) is 5.75 Å². The summed E-state index contributed by atoms with van der Waals surface area (Å²) in [6, 6.07) is 12.2. The third-order valence-electron chi connectivity index (χ3n) is 8.69. The van der Waals surface area contributed by atoms with Gasteiger partial charge in [0.1, 0.15) is 5.75 Å². The molecule has 13 heteroatoms. The fourth-order valence-corrected chi connectivity index (χ4v) is 8.33. The van der Waals surface area contributed by atoms with Gasteiger partial charge in [0.15, 0.2) is 9.75 Å². The molecular weight excluding hydrogens is 626 g/mol. The summed E-state index contributed by atoms with van der Waals surface area (Å²) in [6.45, 7) is 0. The summed E-state index contributed by atoms with van der Waals surface area (Å²) >= 11 is 17.5. The number of rotatable bonds is 4. The first-order valence-corrected chi connectivity index (χ1v) is 14.5. The smallest absolute Gasteiger partial charge is 0.488 e. The Hall–Kier alpha value is -2.70. The summed E-state index contributed by atoms with van der Waals surface area (Å²) < 4.78 is 0. The Morgan fingerprint density at radius 2 is 1.70 bits per heavy atom.